The normalized spacial score (nSPS) is 32.6. The van der Waals surface area contributed by atoms with Crippen molar-refractivity contribution >= 4 is 6.09 Å². The van der Waals surface area contributed by atoms with Crippen molar-refractivity contribution in [1.29, 1.82) is 0 Å². The van der Waals surface area contributed by atoms with Gasteiger partial charge in [-0.1, -0.05) is 0 Å². The first-order chi connectivity index (χ1) is 7.02. The monoisotopic (exact) mass is 223 g/mol. The van der Waals surface area contributed by atoms with Crippen molar-refractivity contribution in [2.75, 3.05) is 6.61 Å². The van der Waals surface area contributed by atoms with E-state index < -0.39 is 24.5 Å². The number of nitrogens with one attached hydrogen (secondary N) is 1. The highest BCUT2D eigenvalue weighted by Gasteiger charge is 2.35. The highest BCUT2D eigenvalue weighted by molar-refractivity contribution is 5.64. The molecule has 1 aliphatic rings. The Labute approximate surface area is 86.3 Å². The minimum atomic E-state index is -1.45. The molecule has 0 radical (unpaired) electrons. The minimum Gasteiger partial charge on any atom is -0.465 e. The van der Waals surface area contributed by atoms with E-state index in [-0.39, 0.29) is 31.8 Å². The fraction of sp³-hybridized carbons (Fsp3) is 0.889. The van der Waals surface area contributed by atoms with Gasteiger partial charge in [0.05, 0.1) is 12.6 Å². The van der Waals surface area contributed by atoms with Crippen LogP contribution in [0.3, 0.4) is 0 Å². The van der Waals surface area contributed by atoms with Crippen molar-refractivity contribution in [3.63, 3.8) is 0 Å². The van der Waals surface area contributed by atoms with Crippen LogP contribution in [0.15, 0.2) is 0 Å². The van der Waals surface area contributed by atoms with Gasteiger partial charge in [-0.2, -0.15) is 0 Å². The molecule has 3 N–H and O–H groups in total. The lowest BCUT2D eigenvalue weighted by Gasteiger charge is -2.17. The summed E-state index contributed by atoms with van der Waals surface area (Å²) in [7, 11) is 0. The summed E-state index contributed by atoms with van der Waals surface area (Å²) in [5, 5.41) is 19.4. The van der Waals surface area contributed by atoms with Crippen LogP contribution in [0.2, 0.25) is 0 Å². The van der Waals surface area contributed by atoms with Gasteiger partial charge in [-0.15, -0.1) is 0 Å². The third-order valence-corrected chi connectivity index (χ3v) is 2.68. The van der Waals surface area contributed by atoms with Gasteiger partial charge in [0, 0.05) is 0 Å². The van der Waals surface area contributed by atoms with Crippen molar-refractivity contribution in [2.45, 2.75) is 37.6 Å². The van der Waals surface area contributed by atoms with E-state index in [0.717, 1.165) is 0 Å². The fourth-order valence-electron chi connectivity index (χ4n) is 1.98. The van der Waals surface area contributed by atoms with Gasteiger partial charge >= 0.3 is 6.09 Å². The Kier molecular flexibility index (Phi) is 4.26. The van der Waals surface area contributed by atoms with Crippen LogP contribution in [0.5, 0.6) is 0 Å². The standard InChI is InChI=1S/C9H15F2NO3/c10-7-2-5(3-8(7)11)1-6(4-13)12-9(14)15/h5-8,12-13H,1-4H2,(H,14,15)/t5-,6-,7+,8-/m0/s1. The lowest BCUT2D eigenvalue weighted by Crippen LogP contribution is -2.37. The molecule has 1 rings (SSSR count). The van der Waals surface area contributed by atoms with E-state index in [9.17, 15) is 13.6 Å². The van der Waals surface area contributed by atoms with Gasteiger partial charge in [-0.05, 0) is 25.2 Å². The Morgan fingerprint density at radius 1 is 1.40 bits per heavy atom. The first-order valence-corrected chi connectivity index (χ1v) is 4.91. The zero-order valence-electron chi connectivity index (χ0n) is 8.20. The highest BCUT2D eigenvalue weighted by atomic mass is 19.2. The summed E-state index contributed by atoms with van der Waals surface area (Å²) in [5.41, 5.74) is 0. The lowest BCUT2D eigenvalue weighted by atomic mass is 9.99. The predicted octanol–water partition coefficient (Wildman–Crippen LogP) is 1.09. The number of hydrogen-bond donors (Lipinski definition) is 3. The number of aliphatic hydroxyl groups excluding tert-OH is 1. The van der Waals surface area contributed by atoms with Crippen LogP contribution in [0, 0.1) is 5.92 Å². The number of carboxylic acid groups (broad SMARTS) is 1. The van der Waals surface area contributed by atoms with E-state index >= 15 is 0 Å². The number of amides is 1. The van der Waals surface area contributed by atoms with Crippen LogP contribution in [0.25, 0.3) is 0 Å². The van der Waals surface area contributed by atoms with Gasteiger partial charge in [0.1, 0.15) is 12.3 Å². The molecule has 4 nitrogen and oxygen atoms in total. The van der Waals surface area contributed by atoms with Gasteiger partial charge in [0.2, 0.25) is 0 Å². The first kappa shape index (κ1) is 12.2. The van der Waals surface area contributed by atoms with Crippen molar-refractivity contribution in [2.24, 2.45) is 5.92 Å². The summed E-state index contributed by atoms with van der Waals surface area (Å²) < 4.78 is 25.6. The lowest BCUT2D eigenvalue weighted by molar-refractivity contribution is 0.170. The molecule has 1 fully saturated rings. The molecule has 0 spiro atoms. The third kappa shape index (κ3) is 3.62. The second kappa shape index (κ2) is 5.25. The van der Waals surface area contributed by atoms with E-state index in [1.165, 1.54) is 0 Å². The van der Waals surface area contributed by atoms with Gasteiger partial charge in [-0.25, -0.2) is 13.6 Å². The smallest absolute Gasteiger partial charge is 0.404 e. The molecular weight excluding hydrogens is 208 g/mol. The van der Waals surface area contributed by atoms with Crippen LogP contribution in [-0.2, 0) is 0 Å². The maximum absolute atomic E-state index is 12.8. The van der Waals surface area contributed by atoms with E-state index in [1.807, 2.05) is 0 Å². The molecule has 0 aromatic heterocycles. The summed E-state index contributed by atoms with van der Waals surface area (Å²) in [6.07, 6.45) is -3.62. The third-order valence-electron chi connectivity index (χ3n) is 2.68. The molecular formula is C9H15F2NO3. The topological polar surface area (TPSA) is 69.6 Å². The molecule has 0 aromatic carbocycles. The molecule has 6 heteroatoms. The van der Waals surface area contributed by atoms with Gasteiger partial charge < -0.3 is 15.5 Å². The molecule has 0 heterocycles. The van der Waals surface area contributed by atoms with Crippen molar-refractivity contribution < 1.29 is 23.8 Å². The molecule has 1 amide bonds. The molecule has 0 aromatic rings. The average molecular weight is 223 g/mol. The fourth-order valence-corrected chi connectivity index (χ4v) is 1.98. The second-order valence-corrected chi connectivity index (χ2v) is 3.93. The van der Waals surface area contributed by atoms with Crippen LogP contribution >= 0.6 is 0 Å². The minimum absolute atomic E-state index is 0.110. The number of alkyl halides is 2. The molecule has 4 atom stereocenters. The Bertz CT molecular complexity index is 217. The van der Waals surface area contributed by atoms with E-state index in [0.29, 0.717) is 0 Å². The van der Waals surface area contributed by atoms with Gasteiger partial charge in [0.15, 0.2) is 0 Å². The number of hydrogen-bond acceptors (Lipinski definition) is 2. The molecule has 15 heavy (non-hydrogen) atoms. The van der Waals surface area contributed by atoms with Crippen LogP contribution in [-0.4, -0.2) is 41.3 Å². The summed E-state index contributed by atoms with van der Waals surface area (Å²) in [6.45, 7) is -0.350. The Morgan fingerprint density at radius 3 is 2.33 bits per heavy atom. The van der Waals surface area contributed by atoms with E-state index in [1.54, 1.807) is 0 Å². The number of halogens is 2. The highest BCUT2D eigenvalue weighted by Crippen LogP contribution is 2.33. The summed E-state index contributed by atoms with van der Waals surface area (Å²) in [4.78, 5) is 10.3. The second-order valence-electron chi connectivity index (χ2n) is 3.93. The molecule has 0 unspecified atom stereocenters. The maximum Gasteiger partial charge on any atom is 0.404 e. The molecule has 1 aliphatic carbocycles. The number of carbonyl (C=O) groups is 1. The van der Waals surface area contributed by atoms with E-state index in [4.69, 9.17) is 10.2 Å². The average Bonchev–Trinajstić information content (AvgIpc) is 2.44. The molecule has 0 saturated heterocycles. The number of aliphatic hydroxyl groups is 1. The molecule has 1 saturated carbocycles. The molecule has 0 aliphatic heterocycles. The SMILES string of the molecule is O=C(O)N[C@H](CO)C[C@H]1C[C@@H](F)[C@@H](F)C1. The Hall–Kier alpha value is -0.910. The molecule has 88 valence electrons. The maximum atomic E-state index is 12.8. The Balaban J connectivity index is 2.36. The molecule has 0 bridgehead atoms. The van der Waals surface area contributed by atoms with Gasteiger partial charge in [0.25, 0.3) is 0 Å². The van der Waals surface area contributed by atoms with Crippen molar-refractivity contribution in [3.05, 3.63) is 0 Å². The quantitative estimate of drug-likeness (QED) is 0.668. The zero-order valence-corrected chi connectivity index (χ0v) is 8.20. The van der Waals surface area contributed by atoms with Crippen molar-refractivity contribution in [3.8, 4) is 0 Å². The summed E-state index contributed by atoms with van der Waals surface area (Å²) in [5.74, 6) is -0.195. The largest absolute Gasteiger partial charge is 0.465 e. The van der Waals surface area contributed by atoms with Crippen LogP contribution in [0.1, 0.15) is 19.3 Å². The van der Waals surface area contributed by atoms with Crippen molar-refractivity contribution in [1.82, 2.24) is 5.32 Å². The first-order valence-electron chi connectivity index (χ1n) is 4.91. The zero-order chi connectivity index (χ0) is 11.4. The number of rotatable bonds is 4. The van der Waals surface area contributed by atoms with Crippen LogP contribution in [0.4, 0.5) is 13.6 Å². The predicted molar refractivity (Wildman–Crippen MR) is 49.2 cm³/mol. The Morgan fingerprint density at radius 2 is 1.93 bits per heavy atom. The summed E-state index contributed by atoms with van der Waals surface area (Å²) >= 11 is 0. The van der Waals surface area contributed by atoms with Gasteiger partial charge in [-0.3, -0.25) is 0 Å². The van der Waals surface area contributed by atoms with E-state index in [2.05, 4.69) is 5.32 Å². The summed E-state index contributed by atoms with van der Waals surface area (Å²) in [6, 6.07) is -0.634. The van der Waals surface area contributed by atoms with Crippen LogP contribution < -0.4 is 5.32 Å².